The standard InChI is InChI=1S/C22H21FN2O2/c1-13(2)16-10-17-20(11-19(16)23)24-12-18(22(26)27-15-8-9-15)21(17)25-14-6-4-3-5-7-14/h3-7,10-13,15H,8-9H2,1-2H3,(H,24,25). The van der Waals surface area contributed by atoms with Crippen molar-refractivity contribution < 1.29 is 13.9 Å². The molecule has 0 unspecified atom stereocenters. The summed E-state index contributed by atoms with van der Waals surface area (Å²) in [5, 5.41) is 4.02. The summed E-state index contributed by atoms with van der Waals surface area (Å²) < 4.78 is 19.9. The number of fused-ring (bicyclic) bond motifs is 1. The first kappa shape index (κ1) is 17.5. The number of carbonyl (C=O) groups is 1. The Morgan fingerprint density at radius 2 is 1.96 bits per heavy atom. The lowest BCUT2D eigenvalue weighted by molar-refractivity contribution is 0.0473. The molecule has 1 aliphatic rings. The first-order valence-electron chi connectivity index (χ1n) is 9.18. The number of ether oxygens (including phenoxy) is 1. The number of aromatic nitrogens is 1. The van der Waals surface area contributed by atoms with E-state index in [0.717, 1.165) is 18.5 Å². The van der Waals surface area contributed by atoms with Crippen LogP contribution >= 0.6 is 0 Å². The number of nitrogens with one attached hydrogen (secondary N) is 1. The van der Waals surface area contributed by atoms with Crippen LogP contribution in [-0.2, 0) is 4.74 Å². The Kier molecular flexibility index (Phi) is 4.52. The number of rotatable bonds is 5. The van der Waals surface area contributed by atoms with Crippen LogP contribution in [0.2, 0.25) is 0 Å². The molecule has 1 fully saturated rings. The van der Waals surface area contributed by atoms with Crippen molar-refractivity contribution in [2.75, 3.05) is 5.32 Å². The molecule has 0 aliphatic heterocycles. The van der Waals surface area contributed by atoms with Gasteiger partial charge in [0.15, 0.2) is 0 Å². The zero-order chi connectivity index (χ0) is 19.0. The summed E-state index contributed by atoms with van der Waals surface area (Å²) in [7, 11) is 0. The molecule has 2 aromatic carbocycles. The van der Waals surface area contributed by atoms with Crippen LogP contribution in [0.15, 0.2) is 48.7 Å². The first-order chi connectivity index (χ1) is 13.0. The minimum atomic E-state index is -0.402. The van der Waals surface area contributed by atoms with Crippen LogP contribution in [0.25, 0.3) is 10.9 Å². The van der Waals surface area contributed by atoms with Crippen molar-refractivity contribution in [2.24, 2.45) is 0 Å². The number of halogens is 1. The van der Waals surface area contributed by atoms with Gasteiger partial charge in [0.05, 0.1) is 11.2 Å². The number of para-hydroxylation sites is 1. The van der Waals surface area contributed by atoms with Gasteiger partial charge in [0.1, 0.15) is 17.5 Å². The second kappa shape index (κ2) is 6.99. The van der Waals surface area contributed by atoms with Gasteiger partial charge < -0.3 is 10.1 Å². The highest BCUT2D eigenvalue weighted by Crippen LogP contribution is 2.34. The zero-order valence-electron chi connectivity index (χ0n) is 15.3. The molecule has 27 heavy (non-hydrogen) atoms. The number of nitrogens with zero attached hydrogens (tertiary/aromatic N) is 1. The molecule has 0 bridgehead atoms. The van der Waals surface area contributed by atoms with Crippen molar-refractivity contribution in [2.45, 2.75) is 38.7 Å². The highest BCUT2D eigenvalue weighted by Gasteiger charge is 2.28. The maximum Gasteiger partial charge on any atom is 0.342 e. The number of pyridine rings is 1. The Labute approximate surface area is 157 Å². The molecule has 0 spiro atoms. The number of hydrogen-bond donors (Lipinski definition) is 1. The van der Waals surface area contributed by atoms with Gasteiger partial charge in [-0.05, 0) is 42.5 Å². The van der Waals surface area contributed by atoms with E-state index in [9.17, 15) is 9.18 Å². The van der Waals surface area contributed by atoms with Crippen LogP contribution in [0.3, 0.4) is 0 Å². The van der Waals surface area contributed by atoms with Crippen LogP contribution < -0.4 is 5.32 Å². The summed E-state index contributed by atoms with van der Waals surface area (Å²) in [6, 6.07) is 12.8. The molecule has 0 saturated heterocycles. The van der Waals surface area contributed by atoms with Crippen molar-refractivity contribution in [3.05, 3.63) is 65.6 Å². The summed E-state index contributed by atoms with van der Waals surface area (Å²) in [5.74, 6) is -0.675. The van der Waals surface area contributed by atoms with Gasteiger partial charge in [0.25, 0.3) is 0 Å². The minimum Gasteiger partial charge on any atom is -0.459 e. The monoisotopic (exact) mass is 364 g/mol. The Balaban J connectivity index is 1.88. The third-order valence-corrected chi connectivity index (χ3v) is 4.67. The van der Waals surface area contributed by atoms with E-state index in [4.69, 9.17) is 4.74 Å². The first-order valence-corrected chi connectivity index (χ1v) is 9.18. The molecular weight excluding hydrogens is 343 g/mol. The predicted octanol–water partition coefficient (Wildman–Crippen LogP) is 5.56. The van der Waals surface area contributed by atoms with Gasteiger partial charge in [0, 0.05) is 23.3 Å². The van der Waals surface area contributed by atoms with Gasteiger partial charge >= 0.3 is 5.97 Å². The summed E-state index contributed by atoms with van der Waals surface area (Å²) in [5.41, 5.74) is 2.88. The van der Waals surface area contributed by atoms with Crippen LogP contribution in [0.5, 0.6) is 0 Å². The van der Waals surface area contributed by atoms with E-state index >= 15 is 0 Å². The molecule has 1 saturated carbocycles. The van der Waals surface area contributed by atoms with Crippen molar-refractivity contribution in [3.8, 4) is 0 Å². The number of carbonyl (C=O) groups excluding carboxylic acids is 1. The molecule has 1 aliphatic carbocycles. The van der Waals surface area contributed by atoms with Crippen LogP contribution in [0.1, 0.15) is 48.5 Å². The van der Waals surface area contributed by atoms with Crippen molar-refractivity contribution in [1.29, 1.82) is 0 Å². The van der Waals surface area contributed by atoms with E-state index in [2.05, 4.69) is 10.3 Å². The van der Waals surface area contributed by atoms with Crippen molar-refractivity contribution >= 4 is 28.2 Å². The zero-order valence-corrected chi connectivity index (χ0v) is 15.3. The lowest BCUT2D eigenvalue weighted by Gasteiger charge is -2.16. The Morgan fingerprint density at radius 3 is 2.63 bits per heavy atom. The molecule has 1 N–H and O–H groups in total. The fraction of sp³-hybridized carbons (Fsp3) is 0.273. The van der Waals surface area contributed by atoms with Gasteiger partial charge in [-0.15, -0.1) is 0 Å². The van der Waals surface area contributed by atoms with Gasteiger partial charge in [-0.1, -0.05) is 32.0 Å². The SMILES string of the molecule is CC(C)c1cc2c(Nc3ccccc3)c(C(=O)OC3CC3)cnc2cc1F. The lowest BCUT2D eigenvalue weighted by atomic mass is 9.98. The molecule has 1 heterocycles. The summed E-state index contributed by atoms with van der Waals surface area (Å²) in [6.45, 7) is 3.88. The topological polar surface area (TPSA) is 51.2 Å². The Hall–Kier alpha value is -2.95. The van der Waals surface area contributed by atoms with Gasteiger partial charge in [-0.2, -0.15) is 0 Å². The quantitative estimate of drug-likeness (QED) is 0.602. The largest absolute Gasteiger partial charge is 0.459 e. The van der Waals surface area contributed by atoms with E-state index in [-0.39, 0.29) is 17.8 Å². The number of benzene rings is 2. The molecule has 1 aromatic heterocycles. The van der Waals surface area contributed by atoms with Crippen molar-refractivity contribution in [3.63, 3.8) is 0 Å². The molecular formula is C22H21FN2O2. The number of esters is 1. The second-order valence-corrected chi connectivity index (χ2v) is 7.19. The molecule has 0 radical (unpaired) electrons. The van der Waals surface area contributed by atoms with Gasteiger partial charge in [-0.3, -0.25) is 4.98 Å². The molecule has 4 rings (SSSR count). The normalized spacial score (nSPS) is 13.8. The fourth-order valence-corrected chi connectivity index (χ4v) is 3.03. The summed E-state index contributed by atoms with van der Waals surface area (Å²) >= 11 is 0. The highest BCUT2D eigenvalue weighted by molar-refractivity contribution is 6.06. The third kappa shape index (κ3) is 3.63. The van der Waals surface area contributed by atoms with Crippen LogP contribution in [-0.4, -0.2) is 17.1 Å². The second-order valence-electron chi connectivity index (χ2n) is 7.19. The summed E-state index contributed by atoms with van der Waals surface area (Å²) in [6.07, 6.45) is 3.26. The Morgan fingerprint density at radius 1 is 1.22 bits per heavy atom. The molecule has 5 heteroatoms. The van der Waals surface area contributed by atoms with E-state index in [1.807, 2.05) is 44.2 Å². The molecule has 0 amide bonds. The van der Waals surface area contributed by atoms with Gasteiger partial charge in [-0.25, -0.2) is 9.18 Å². The predicted molar refractivity (Wildman–Crippen MR) is 104 cm³/mol. The summed E-state index contributed by atoms with van der Waals surface area (Å²) in [4.78, 5) is 17.0. The average Bonchev–Trinajstić information content (AvgIpc) is 3.46. The molecule has 0 atom stereocenters. The smallest absolute Gasteiger partial charge is 0.342 e. The minimum absolute atomic E-state index is 0.00258. The Bertz CT molecular complexity index is 998. The van der Waals surface area contributed by atoms with Crippen molar-refractivity contribution in [1.82, 2.24) is 4.98 Å². The molecule has 4 nitrogen and oxygen atoms in total. The van der Waals surface area contributed by atoms with E-state index in [0.29, 0.717) is 27.7 Å². The van der Waals surface area contributed by atoms with Gasteiger partial charge in [0.2, 0.25) is 0 Å². The van der Waals surface area contributed by atoms with E-state index < -0.39 is 5.97 Å². The maximum absolute atomic E-state index is 14.4. The number of anilines is 2. The lowest BCUT2D eigenvalue weighted by Crippen LogP contribution is -2.11. The highest BCUT2D eigenvalue weighted by atomic mass is 19.1. The third-order valence-electron chi connectivity index (χ3n) is 4.67. The fourth-order valence-electron chi connectivity index (χ4n) is 3.03. The molecule has 138 valence electrons. The van der Waals surface area contributed by atoms with E-state index in [1.165, 1.54) is 12.3 Å². The average molecular weight is 364 g/mol. The molecule has 3 aromatic rings. The van der Waals surface area contributed by atoms with Crippen LogP contribution in [0, 0.1) is 5.82 Å². The van der Waals surface area contributed by atoms with E-state index in [1.54, 1.807) is 6.07 Å². The maximum atomic E-state index is 14.4. The number of hydrogen-bond acceptors (Lipinski definition) is 4. The van der Waals surface area contributed by atoms with Crippen LogP contribution in [0.4, 0.5) is 15.8 Å².